The lowest BCUT2D eigenvalue weighted by Gasteiger charge is -2.00. The molecule has 0 atom stereocenters. The summed E-state index contributed by atoms with van der Waals surface area (Å²) in [5.74, 6) is -0.279. The van der Waals surface area contributed by atoms with Crippen LogP contribution in [0.15, 0.2) is 60.7 Å². The first-order chi connectivity index (χ1) is 8.27. The summed E-state index contributed by atoms with van der Waals surface area (Å²) >= 11 is 0. The van der Waals surface area contributed by atoms with Crippen molar-refractivity contribution >= 4 is 11.6 Å². The van der Waals surface area contributed by atoms with Gasteiger partial charge in [0.1, 0.15) is 0 Å². The first-order valence-corrected chi connectivity index (χ1v) is 5.44. The Kier molecular flexibility index (Phi) is 6.89. The molecular weight excluding hydrogens is 250 g/mol. The molecule has 0 saturated heterocycles. The van der Waals surface area contributed by atoms with E-state index in [0.717, 1.165) is 0 Å². The molecule has 0 bridgehead atoms. The van der Waals surface area contributed by atoms with E-state index in [2.05, 4.69) is 0 Å². The average molecular weight is 264 g/mol. The molecule has 2 aromatic carbocycles. The van der Waals surface area contributed by atoms with Gasteiger partial charge in [0, 0.05) is 11.1 Å². The van der Waals surface area contributed by atoms with Crippen LogP contribution in [0.5, 0.6) is 0 Å². The van der Waals surface area contributed by atoms with Crippen LogP contribution in [0.1, 0.15) is 27.1 Å². The Morgan fingerprint density at radius 1 is 0.632 bits per heavy atom. The first kappa shape index (κ1) is 16.6. The highest BCUT2D eigenvalue weighted by atomic mass is 19.0. The van der Waals surface area contributed by atoms with Gasteiger partial charge < -0.3 is 0 Å². The Labute approximate surface area is 109 Å². The molecule has 0 aliphatic carbocycles. The highest BCUT2D eigenvalue weighted by Gasteiger charge is 2.12. The molecule has 0 fully saturated rings. The van der Waals surface area contributed by atoms with E-state index in [1.165, 1.54) is 0 Å². The number of hydrogen-bond acceptors (Lipinski definition) is 2. The molecule has 0 aromatic heterocycles. The van der Waals surface area contributed by atoms with Crippen LogP contribution < -0.4 is 0 Å². The molecule has 19 heavy (non-hydrogen) atoms. The van der Waals surface area contributed by atoms with E-state index in [0.29, 0.717) is 11.1 Å². The zero-order chi connectivity index (χ0) is 12.1. The lowest BCUT2D eigenvalue weighted by molar-refractivity contribution is 0.0894. The quantitative estimate of drug-likeness (QED) is 0.626. The number of halogens is 2. The molecule has 4 heteroatoms. The summed E-state index contributed by atoms with van der Waals surface area (Å²) in [6.07, 6.45) is -0.0754. The highest BCUT2D eigenvalue weighted by Crippen LogP contribution is 2.08. The normalized spacial score (nSPS) is 8.84. The lowest BCUT2D eigenvalue weighted by Crippen LogP contribution is -2.08. The average Bonchev–Trinajstić information content (AvgIpc) is 2.40. The van der Waals surface area contributed by atoms with E-state index in [9.17, 15) is 9.59 Å². The van der Waals surface area contributed by atoms with Gasteiger partial charge in [-0.2, -0.15) is 0 Å². The second-order valence-corrected chi connectivity index (χ2v) is 3.76. The molecule has 0 radical (unpaired) electrons. The van der Waals surface area contributed by atoms with Gasteiger partial charge in [-0.1, -0.05) is 60.7 Å². The largest absolute Gasteiger partial charge is 0.294 e. The van der Waals surface area contributed by atoms with Crippen molar-refractivity contribution in [3.8, 4) is 0 Å². The number of carbonyl (C=O) groups is 2. The Morgan fingerprint density at radius 3 is 1.26 bits per heavy atom. The van der Waals surface area contributed by atoms with Gasteiger partial charge in [0.25, 0.3) is 0 Å². The van der Waals surface area contributed by atoms with Crippen LogP contribution in [0.4, 0.5) is 9.41 Å². The molecule has 0 N–H and O–H groups in total. The maximum atomic E-state index is 11.8. The number of ketones is 2. The van der Waals surface area contributed by atoms with Gasteiger partial charge >= 0.3 is 0 Å². The van der Waals surface area contributed by atoms with E-state index in [1.807, 2.05) is 12.1 Å². The van der Waals surface area contributed by atoms with Crippen molar-refractivity contribution in [1.29, 1.82) is 0 Å². The van der Waals surface area contributed by atoms with Gasteiger partial charge in [-0.25, -0.2) is 0 Å². The molecule has 0 spiro atoms. The third-order valence-electron chi connectivity index (χ3n) is 2.51. The summed E-state index contributed by atoms with van der Waals surface area (Å²) in [5, 5.41) is 0. The summed E-state index contributed by atoms with van der Waals surface area (Å²) in [5.41, 5.74) is 1.16. The fourth-order valence-electron chi connectivity index (χ4n) is 1.60. The SMILES string of the molecule is F.F.O=C(CC(=O)c1ccccc1)c1ccccc1. The Morgan fingerprint density at radius 2 is 0.947 bits per heavy atom. The van der Waals surface area contributed by atoms with E-state index < -0.39 is 0 Å². The number of rotatable bonds is 4. The molecule has 0 unspecified atom stereocenters. The van der Waals surface area contributed by atoms with Crippen LogP contribution in [-0.4, -0.2) is 11.6 Å². The van der Waals surface area contributed by atoms with E-state index in [4.69, 9.17) is 0 Å². The molecule has 2 nitrogen and oxygen atoms in total. The summed E-state index contributed by atoms with van der Waals surface area (Å²) < 4.78 is 0. The van der Waals surface area contributed by atoms with Crippen LogP contribution in [0.2, 0.25) is 0 Å². The number of Topliss-reactive ketones (excluding diaryl/α,β-unsaturated/α-hetero) is 2. The fourth-order valence-corrected chi connectivity index (χ4v) is 1.60. The smallest absolute Gasteiger partial charge is 0.170 e. The molecule has 2 rings (SSSR count). The Balaban J connectivity index is 0.00000162. The zero-order valence-corrected chi connectivity index (χ0v) is 10.1. The van der Waals surface area contributed by atoms with Crippen molar-refractivity contribution in [3.63, 3.8) is 0 Å². The fraction of sp³-hybridized carbons (Fsp3) is 0.0667. The van der Waals surface area contributed by atoms with Gasteiger partial charge in [0.15, 0.2) is 11.6 Å². The predicted octanol–water partition coefficient (Wildman–Crippen LogP) is 3.45. The van der Waals surface area contributed by atoms with E-state index in [-0.39, 0.29) is 27.4 Å². The van der Waals surface area contributed by atoms with Crippen LogP contribution in [0.25, 0.3) is 0 Å². The van der Waals surface area contributed by atoms with Gasteiger partial charge in [-0.05, 0) is 0 Å². The van der Waals surface area contributed by atoms with E-state index in [1.54, 1.807) is 48.5 Å². The standard InChI is InChI=1S/C15H12O2.2FH/c16-14(12-7-3-1-4-8-12)11-15(17)13-9-5-2-6-10-13;;/h1-10H,11H2;2*1H. The predicted molar refractivity (Wildman–Crippen MR) is 71.2 cm³/mol. The van der Waals surface area contributed by atoms with Crippen LogP contribution in [-0.2, 0) is 0 Å². The van der Waals surface area contributed by atoms with Crippen molar-refractivity contribution in [2.75, 3.05) is 0 Å². The van der Waals surface area contributed by atoms with Crippen molar-refractivity contribution in [2.24, 2.45) is 0 Å². The lowest BCUT2D eigenvalue weighted by atomic mass is 10.0. The minimum absolute atomic E-state index is 0. The molecule has 0 saturated carbocycles. The van der Waals surface area contributed by atoms with E-state index >= 15 is 0 Å². The van der Waals surface area contributed by atoms with Crippen LogP contribution in [0.3, 0.4) is 0 Å². The van der Waals surface area contributed by atoms with Crippen LogP contribution in [0, 0.1) is 0 Å². The Bertz CT molecular complexity index is 475. The highest BCUT2D eigenvalue weighted by molar-refractivity contribution is 6.13. The van der Waals surface area contributed by atoms with Crippen molar-refractivity contribution in [2.45, 2.75) is 6.42 Å². The van der Waals surface area contributed by atoms with Crippen molar-refractivity contribution in [3.05, 3.63) is 71.8 Å². The summed E-state index contributed by atoms with van der Waals surface area (Å²) in [6.45, 7) is 0. The zero-order valence-electron chi connectivity index (χ0n) is 10.1. The number of hydrogen-bond donors (Lipinski definition) is 0. The third-order valence-corrected chi connectivity index (χ3v) is 2.51. The molecular formula is C15H14F2O2. The minimum Gasteiger partial charge on any atom is -0.294 e. The molecule has 100 valence electrons. The van der Waals surface area contributed by atoms with Gasteiger partial charge in [0.2, 0.25) is 0 Å². The molecule has 0 amide bonds. The van der Waals surface area contributed by atoms with Crippen LogP contribution >= 0.6 is 0 Å². The van der Waals surface area contributed by atoms with Gasteiger partial charge in [0.05, 0.1) is 6.42 Å². The monoisotopic (exact) mass is 264 g/mol. The van der Waals surface area contributed by atoms with Gasteiger partial charge in [-0.3, -0.25) is 19.0 Å². The molecule has 0 aliphatic heterocycles. The second kappa shape index (κ2) is 7.87. The Hall–Kier alpha value is -2.36. The summed E-state index contributed by atoms with van der Waals surface area (Å²) in [6, 6.07) is 17.7. The number of benzene rings is 2. The number of carbonyl (C=O) groups excluding carboxylic acids is 2. The molecule has 0 heterocycles. The summed E-state index contributed by atoms with van der Waals surface area (Å²) in [4.78, 5) is 23.6. The minimum atomic E-state index is -0.139. The molecule has 0 aliphatic rings. The molecule has 2 aromatic rings. The van der Waals surface area contributed by atoms with Crippen molar-refractivity contribution in [1.82, 2.24) is 0 Å². The first-order valence-electron chi connectivity index (χ1n) is 5.44. The third kappa shape index (κ3) is 4.43. The maximum absolute atomic E-state index is 11.8. The second-order valence-electron chi connectivity index (χ2n) is 3.76. The van der Waals surface area contributed by atoms with Gasteiger partial charge in [-0.15, -0.1) is 0 Å². The van der Waals surface area contributed by atoms with Crippen molar-refractivity contribution < 1.29 is 19.0 Å². The maximum Gasteiger partial charge on any atom is 0.170 e. The topological polar surface area (TPSA) is 34.1 Å². The summed E-state index contributed by atoms with van der Waals surface area (Å²) in [7, 11) is 0.